The lowest BCUT2D eigenvalue weighted by atomic mass is 10.1. The molecule has 1 rings (SSSR count). The van der Waals surface area contributed by atoms with Crippen LogP contribution in [0.2, 0.25) is 0 Å². The quantitative estimate of drug-likeness (QED) is 0.709. The maximum atomic E-state index is 11.7. The van der Waals surface area contributed by atoms with E-state index in [1.807, 2.05) is 0 Å². The lowest BCUT2D eigenvalue weighted by Crippen LogP contribution is -2.38. The average molecular weight is 248 g/mol. The van der Waals surface area contributed by atoms with Gasteiger partial charge in [-0.2, -0.15) is 0 Å². The van der Waals surface area contributed by atoms with Gasteiger partial charge in [0.15, 0.2) is 0 Å². The highest BCUT2D eigenvalue weighted by atomic mass is 32.2. The highest BCUT2D eigenvalue weighted by Crippen LogP contribution is 2.26. The van der Waals surface area contributed by atoms with Crippen molar-refractivity contribution in [1.82, 2.24) is 10.0 Å². The van der Waals surface area contributed by atoms with Gasteiger partial charge < -0.3 is 5.32 Å². The molecule has 0 radical (unpaired) electrons. The molecule has 16 heavy (non-hydrogen) atoms. The Bertz CT molecular complexity index is 284. The van der Waals surface area contributed by atoms with Crippen LogP contribution >= 0.6 is 0 Å². The van der Waals surface area contributed by atoms with Crippen molar-refractivity contribution in [3.05, 3.63) is 0 Å². The summed E-state index contributed by atoms with van der Waals surface area (Å²) < 4.78 is 26.2. The monoisotopic (exact) mass is 248 g/mol. The molecule has 0 aromatic heterocycles. The van der Waals surface area contributed by atoms with Crippen LogP contribution in [0.3, 0.4) is 0 Å². The van der Waals surface area contributed by atoms with Crippen LogP contribution in [0.15, 0.2) is 0 Å². The summed E-state index contributed by atoms with van der Waals surface area (Å²) in [5.41, 5.74) is 0. The lowest BCUT2D eigenvalue weighted by molar-refractivity contribution is 0.493. The van der Waals surface area contributed by atoms with Gasteiger partial charge in [-0.15, -0.1) is 0 Å². The molecule has 0 heterocycles. The van der Waals surface area contributed by atoms with E-state index in [0.29, 0.717) is 13.1 Å². The number of hydrogen-bond acceptors (Lipinski definition) is 3. The van der Waals surface area contributed by atoms with Crippen LogP contribution < -0.4 is 10.0 Å². The van der Waals surface area contributed by atoms with Gasteiger partial charge in [-0.1, -0.05) is 25.7 Å². The summed E-state index contributed by atoms with van der Waals surface area (Å²) in [6, 6.07) is 0. The second-order valence-corrected chi connectivity index (χ2v) is 6.93. The van der Waals surface area contributed by atoms with Crippen LogP contribution in [0.1, 0.15) is 39.0 Å². The van der Waals surface area contributed by atoms with Gasteiger partial charge in [-0.25, -0.2) is 13.1 Å². The van der Waals surface area contributed by atoms with Crippen molar-refractivity contribution >= 4 is 10.0 Å². The van der Waals surface area contributed by atoms with Crippen molar-refractivity contribution in [2.45, 2.75) is 44.3 Å². The summed E-state index contributed by atoms with van der Waals surface area (Å²) in [6.07, 6.45) is 6.16. The van der Waals surface area contributed by atoms with Gasteiger partial charge in [-0.05, 0) is 26.3 Å². The molecule has 0 amide bonds. The fourth-order valence-electron chi connectivity index (χ4n) is 2.24. The molecule has 1 fully saturated rings. The summed E-state index contributed by atoms with van der Waals surface area (Å²) in [4.78, 5) is 0. The SMILES string of the molecule is CNCC(C)S(=O)(=O)NCCC1CCCC1. The van der Waals surface area contributed by atoms with Gasteiger partial charge in [0.05, 0.1) is 5.25 Å². The molecule has 4 nitrogen and oxygen atoms in total. The third kappa shape index (κ3) is 4.39. The van der Waals surface area contributed by atoms with E-state index in [-0.39, 0.29) is 5.25 Å². The number of hydrogen-bond donors (Lipinski definition) is 2. The second-order valence-electron chi connectivity index (χ2n) is 4.75. The van der Waals surface area contributed by atoms with Gasteiger partial charge >= 0.3 is 0 Å². The minimum Gasteiger partial charge on any atom is -0.318 e. The predicted molar refractivity (Wildman–Crippen MR) is 66.9 cm³/mol. The summed E-state index contributed by atoms with van der Waals surface area (Å²) >= 11 is 0. The molecule has 1 atom stereocenters. The lowest BCUT2D eigenvalue weighted by Gasteiger charge is -2.14. The van der Waals surface area contributed by atoms with Crippen LogP contribution in [0.25, 0.3) is 0 Å². The van der Waals surface area contributed by atoms with Gasteiger partial charge in [-0.3, -0.25) is 0 Å². The Hall–Kier alpha value is -0.130. The molecule has 0 aromatic rings. The van der Waals surface area contributed by atoms with E-state index in [9.17, 15) is 8.42 Å². The zero-order valence-corrected chi connectivity index (χ0v) is 11.1. The molecule has 5 heteroatoms. The standard InChI is InChI=1S/C11H24N2O2S/c1-10(9-12-2)16(14,15)13-8-7-11-5-3-4-6-11/h10-13H,3-9H2,1-2H3. The van der Waals surface area contributed by atoms with Crippen molar-refractivity contribution in [3.8, 4) is 0 Å². The zero-order chi connectivity index (χ0) is 12.0. The van der Waals surface area contributed by atoms with Crippen molar-refractivity contribution in [2.75, 3.05) is 20.1 Å². The third-order valence-corrected chi connectivity index (χ3v) is 5.18. The normalized spacial score (nSPS) is 20.1. The van der Waals surface area contributed by atoms with E-state index in [0.717, 1.165) is 12.3 Å². The van der Waals surface area contributed by atoms with Crippen LogP contribution in [0, 0.1) is 5.92 Å². The number of nitrogens with one attached hydrogen (secondary N) is 2. The van der Waals surface area contributed by atoms with Crippen molar-refractivity contribution < 1.29 is 8.42 Å². The molecule has 1 saturated carbocycles. The van der Waals surface area contributed by atoms with Crippen molar-refractivity contribution in [2.24, 2.45) is 5.92 Å². The molecule has 0 spiro atoms. The van der Waals surface area contributed by atoms with Gasteiger partial charge in [0.1, 0.15) is 0 Å². The largest absolute Gasteiger partial charge is 0.318 e. The average Bonchev–Trinajstić information content (AvgIpc) is 2.70. The Morgan fingerprint density at radius 3 is 2.50 bits per heavy atom. The number of sulfonamides is 1. The van der Waals surface area contributed by atoms with Gasteiger partial charge in [0.25, 0.3) is 0 Å². The molecule has 1 aliphatic rings. The molecule has 96 valence electrons. The highest BCUT2D eigenvalue weighted by Gasteiger charge is 2.20. The van der Waals surface area contributed by atoms with Crippen molar-refractivity contribution in [1.29, 1.82) is 0 Å². The van der Waals surface area contributed by atoms with E-state index in [1.165, 1.54) is 25.7 Å². The topological polar surface area (TPSA) is 58.2 Å². The van der Waals surface area contributed by atoms with E-state index in [2.05, 4.69) is 10.0 Å². The first-order valence-electron chi connectivity index (χ1n) is 6.19. The fraction of sp³-hybridized carbons (Fsp3) is 1.00. The van der Waals surface area contributed by atoms with Crippen LogP contribution in [-0.2, 0) is 10.0 Å². The minimum atomic E-state index is -3.13. The first-order valence-corrected chi connectivity index (χ1v) is 7.74. The molecular formula is C11H24N2O2S. The van der Waals surface area contributed by atoms with E-state index >= 15 is 0 Å². The maximum Gasteiger partial charge on any atom is 0.215 e. The van der Waals surface area contributed by atoms with Gasteiger partial charge in [0.2, 0.25) is 10.0 Å². The molecule has 0 aromatic carbocycles. The van der Waals surface area contributed by atoms with E-state index in [1.54, 1.807) is 14.0 Å². The Morgan fingerprint density at radius 1 is 1.31 bits per heavy atom. The molecule has 0 saturated heterocycles. The molecular weight excluding hydrogens is 224 g/mol. The van der Waals surface area contributed by atoms with Crippen LogP contribution in [-0.4, -0.2) is 33.8 Å². The first kappa shape index (κ1) is 13.9. The van der Waals surface area contributed by atoms with Crippen LogP contribution in [0.4, 0.5) is 0 Å². The second kappa shape index (κ2) is 6.57. The Morgan fingerprint density at radius 2 is 1.94 bits per heavy atom. The molecule has 0 bridgehead atoms. The smallest absolute Gasteiger partial charge is 0.215 e. The molecule has 2 N–H and O–H groups in total. The summed E-state index contributed by atoms with van der Waals surface area (Å²) in [5.74, 6) is 0.738. The van der Waals surface area contributed by atoms with E-state index in [4.69, 9.17) is 0 Å². The van der Waals surface area contributed by atoms with Crippen LogP contribution in [0.5, 0.6) is 0 Å². The Kier molecular flexibility index (Phi) is 5.72. The minimum absolute atomic E-state index is 0.360. The van der Waals surface area contributed by atoms with E-state index < -0.39 is 10.0 Å². The summed E-state index contributed by atoms with van der Waals surface area (Å²) in [7, 11) is -1.36. The maximum absolute atomic E-state index is 11.7. The van der Waals surface area contributed by atoms with Gasteiger partial charge in [0, 0.05) is 13.1 Å². The number of rotatable bonds is 7. The Balaban J connectivity index is 2.24. The van der Waals surface area contributed by atoms with Crippen molar-refractivity contribution in [3.63, 3.8) is 0 Å². The fourth-order valence-corrected chi connectivity index (χ4v) is 3.32. The zero-order valence-electron chi connectivity index (χ0n) is 10.3. The summed E-state index contributed by atoms with van der Waals surface area (Å²) in [6.45, 7) is 2.83. The highest BCUT2D eigenvalue weighted by molar-refractivity contribution is 7.90. The summed E-state index contributed by atoms with van der Waals surface area (Å²) in [5, 5.41) is 2.53. The predicted octanol–water partition coefficient (Wildman–Crippen LogP) is 1.09. The third-order valence-electron chi connectivity index (χ3n) is 3.35. The Labute approximate surface area is 99.2 Å². The molecule has 1 unspecified atom stereocenters. The first-order chi connectivity index (χ1) is 7.56. The molecule has 1 aliphatic carbocycles. The molecule has 0 aliphatic heterocycles.